The van der Waals surface area contributed by atoms with E-state index >= 15 is 0 Å². The summed E-state index contributed by atoms with van der Waals surface area (Å²) in [5.74, 6) is 0.506. The monoisotopic (exact) mass is 292 g/mol. The molecule has 3 aromatic rings. The molecule has 0 fully saturated rings. The van der Waals surface area contributed by atoms with Gasteiger partial charge in [-0.05, 0) is 30.7 Å². The van der Waals surface area contributed by atoms with Crippen molar-refractivity contribution >= 4 is 23.1 Å². The lowest BCUT2D eigenvalue weighted by atomic mass is 10.1. The van der Waals surface area contributed by atoms with E-state index in [1.807, 2.05) is 48.5 Å². The number of ether oxygens (including phenoxy) is 1. The number of fused-ring (bicyclic) bond motifs is 1. The SMILES string of the molecule is CCOC(=O)/C=C/c1ccc(-c2nc3ccccc3[nH]2)cc1. The summed E-state index contributed by atoms with van der Waals surface area (Å²) < 4.78 is 4.85. The molecule has 0 bridgehead atoms. The molecule has 0 amide bonds. The molecule has 2 aromatic carbocycles. The molecule has 0 saturated carbocycles. The molecule has 0 radical (unpaired) electrons. The van der Waals surface area contributed by atoms with E-state index in [2.05, 4.69) is 9.97 Å². The van der Waals surface area contributed by atoms with Crippen molar-refractivity contribution in [3.05, 3.63) is 60.2 Å². The van der Waals surface area contributed by atoms with E-state index in [-0.39, 0.29) is 5.97 Å². The van der Waals surface area contributed by atoms with Gasteiger partial charge < -0.3 is 9.72 Å². The number of esters is 1. The fraction of sp³-hybridized carbons (Fsp3) is 0.111. The van der Waals surface area contributed by atoms with Gasteiger partial charge >= 0.3 is 5.97 Å². The number of hydrogen-bond donors (Lipinski definition) is 1. The van der Waals surface area contributed by atoms with Gasteiger partial charge in [-0.1, -0.05) is 36.4 Å². The van der Waals surface area contributed by atoms with Gasteiger partial charge in [0.05, 0.1) is 17.6 Å². The summed E-state index contributed by atoms with van der Waals surface area (Å²) in [7, 11) is 0. The number of imidazole rings is 1. The molecule has 22 heavy (non-hydrogen) atoms. The first-order valence-corrected chi connectivity index (χ1v) is 7.16. The standard InChI is InChI=1S/C18H16N2O2/c1-2-22-17(21)12-9-13-7-10-14(11-8-13)18-19-15-5-3-4-6-16(15)20-18/h3-12H,2H2,1H3,(H,19,20)/b12-9+. The molecular weight excluding hydrogens is 276 g/mol. The van der Waals surface area contributed by atoms with Crippen molar-refractivity contribution in [3.63, 3.8) is 0 Å². The highest BCUT2D eigenvalue weighted by Crippen LogP contribution is 2.20. The maximum absolute atomic E-state index is 11.3. The van der Waals surface area contributed by atoms with Crippen molar-refractivity contribution in [2.24, 2.45) is 0 Å². The van der Waals surface area contributed by atoms with Crippen LogP contribution < -0.4 is 0 Å². The zero-order chi connectivity index (χ0) is 15.4. The first kappa shape index (κ1) is 14.1. The van der Waals surface area contributed by atoms with Gasteiger partial charge in [0.2, 0.25) is 0 Å². The fourth-order valence-corrected chi connectivity index (χ4v) is 2.20. The molecule has 4 nitrogen and oxygen atoms in total. The molecule has 3 rings (SSSR count). The van der Waals surface area contributed by atoms with Crippen LogP contribution in [0.2, 0.25) is 0 Å². The molecule has 0 spiro atoms. The predicted octanol–water partition coefficient (Wildman–Crippen LogP) is 3.81. The van der Waals surface area contributed by atoms with E-state index in [9.17, 15) is 4.79 Å². The second-order valence-electron chi connectivity index (χ2n) is 4.81. The molecule has 4 heteroatoms. The van der Waals surface area contributed by atoms with Gasteiger partial charge in [0.1, 0.15) is 5.82 Å². The largest absolute Gasteiger partial charge is 0.463 e. The predicted molar refractivity (Wildman–Crippen MR) is 87.2 cm³/mol. The third kappa shape index (κ3) is 3.06. The highest BCUT2D eigenvalue weighted by atomic mass is 16.5. The highest BCUT2D eigenvalue weighted by molar-refractivity contribution is 5.87. The average Bonchev–Trinajstić information content (AvgIpc) is 2.98. The van der Waals surface area contributed by atoms with Gasteiger partial charge in [0, 0.05) is 11.6 Å². The first-order chi connectivity index (χ1) is 10.8. The number of carbonyl (C=O) groups excluding carboxylic acids is 1. The van der Waals surface area contributed by atoms with Crippen LogP contribution in [0, 0.1) is 0 Å². The quantitative estimate of drug-likeness (QED) is 0.587. The number of nitrogens with one attached hydrogen (secondary N) is 1. The third-order valence-corrected chi connectivity index (χ3v) is 3.27. The van der Waals surface area contributed by atoms with Crippen LogP contribution in [0.1, 0.15) is 12.5 Å². The van der Waals surface area contributed by atoms with E-state index in [4.69, 9.17) is 4.74 Å². The van der Waals surface area contributed by atoms with Crippen LogP contribution in [0.5, 0.6) is 0 Å². The Labute approximate surface area is 128 Å². The minimum absolute atomic E-state index is 0.330. The number of hydrogen-bond acceptors (Lipinski definition) is 3. The second kappa shape index (κ2) is 6.26. The maximum Gasteiger partial charge on any atom is 0.330 e. The van der Waals surface area contributed by atoms with Crippen LogP contribution in [0.4, 0.5) is 0 Å². The number of aromatic nitrogens is 2. The molecular formula is C18H16N2O2. The lowest BCUT2D eigenvalue weighted by Gasteiger charge is -1.98. The Morgan fingerprint density at radius 2 is 1.95 bits per heavy atom. The maximum atomic E-state index is 11.3. The summed E-state index contributed by atoms with van der Waals surface area (Å²) in [5.41, 5.74) is 3.91. The number of rotatable bonds is 4. The van der Waals surface area contributed by atoms with Crippen molar-refractivity contribution in [3.8, 4) is 11.4 Å². The molecule has 0 unspecified atom stereocenters. The summed E-state index contributed by atoms with van der Waals surface area (Å²) in [5, 5.41) is 0. The van der Waals surface area contributed by atoms with Crippen molar-refractivity contribution in [2.45, 2.75) is 6.92 Å². The zero-order valence-electron chi connectivity index (χ0n) is 12.2. The van der Waals surface area contributed by atoms with Gasteiger partial charge in [-0.2, -0.15) is 0 Å². The summed E-state index contributed by atoms with van der Waals surface area (Å²) in [6.07, 6.45) is 3.17. The second-order valence-corrected chi connectivity index (χ2v) is 4.81. The van der Waals surface area contributed by atoms with Gasteiger partial charge in [0.25, 0.3) is 0 Å². The third-order valence-electron chi connectivity index (χ3n) is 3.27. The molecule has 0 aliphatic carbocycles. The minimum Gasteiger partial charge on any atom is -0.463 e. The Morgan fingerprint density at radius 1 is 1.18 bits per heavy atom. The Morgan fingerprint density at radius 3 is 2.68 bits per heavy atom. The smallest absolute Gasteiger partial charge is 0.330 e. The van der Waals surface area contributed by atoms with Gasteiger partial charge in [-0.25, -0.2) is 9.78 Å². The molecule has 1 aromatic heterocycles. The number of para-hydroxylation sites is 2. The van der Waals surface area contributed by atoms with Crippen LogP contribution in [0.25, 0.3) is 28.5 Å². The summed E-state index contributed by atoms with van der Waals surface area (Å²) in [4.78, 5) is 19.1. The van der Waals surface area contributed by atoms with E-state index in [0.29, 0.717) is 6.61 Å². The van der Waals surface area contributed by atoms with Crippen LogP contribution in [0.15, 0.2) is 54.6 Å². The van der Waals surface area contributed by atoms with Gasteiger partial charge in [0.15, 0.2) is 0 Å². The van der Waals surface area contributed by atoms with Crippen molar-refractivity contribution in [1.82, 2.24) is 9.97 Å². The Balaban J connectivity index is 1.80. The average molecular weight is 292 g/mol. The van der Waals surface area contributed by atoms with E-state index in [1.54, 1.807) is 13.0 Å². The molecule has 110 valence electrons. The van der Waals surface area contributed by atoms with Gasteiger partial charge in [-0.3, -0.25) is 0 Å². The normalized spacial score (nSPS) is 11.1. The Kier molecular flexibility index (Phi) is 4.01. The summed E-state index contributed by atoms with van der Waals surface area (Å²) in [6, 6.07) is 15.8. The molecule has 1 heterocycles. The van der Waals surface area contributed by atoms with Crippen molar-refractivity contribution in [2.75, 3.05) is 6.61 Å². The first-order valence-electron chi connectivity index (χ1n) is 7.16. The summed E-state index contributed by atoms with van der Waals surface area (Å²) in [6.45, 7) is 2.17. The van der Waals surface area contributed by atoms with E-state index in [1.165, 1.54) is 6.08 Å². The van der Waals surface area contributed by atoms with Crippen molar-refractivity contribution < 1.29 is 9.53 Å². The number of aromatic amines is 1. The Hall–Kier alpha value is -2.88. The van der Waals surface area contributed by atoms with Gasteiger partial charge in [-0.15, -0.1) is 0 Å². The van der Waals surface area contributed by atoms with E-state index < -0.39 is 0 Å². The van der Waals surface area contributed by atoms with E-state index in [0.717, 1.165) is 28.0 Å². The van der Waals surface area contributed by atoms with Crippen LogP contribution >= 0.6 is 0 Å². The number of carbonyl (C=O) groups is 1. The molecule has 1 N–H and O–H groups in total. The topological polar surface area (TPSA) is 55.0 Å². The lowest BCUT2D eigenvalue weighted by Crippen LogP contribution is -1.98. The van der Waals surface area contributed by atoms with Crippen molar-refractivity contribution in [1.29, 1.82) is 0 Å². The molecule has 0 atom stereocenters. The Bertz CT molecular complexity index is 783. The van der Waals surface area contributed by atoms with Crippen LogP contribution in [-0.4, -0.2) is 22.5 Å². The molecule has 0 aliphatic heterocycles. The number of benzene rings is 2. The minimum atomic E-state index is -0.330. The highest BCUT2D eigenvalue weighted by Gasteiger charge is 2.04. The number of nitrogens with zero attached hydrogens (tertiary/aromatic N) is 1. The lowest BCUT2D eigenvalue weighted by molar-refractivity contribution is -0.137. The summed E-state index contributed by atoms with van der Waals surface area (Å²) >= 11 is 0. The van der Waals surface area contributed by atoms with Crippen LogP contribution in [-0.2, 0) is 9.53 Å². The van der Waals surface area contributed by atoms with Crippen LogP contribution in [0.3, 0.4) is 0 Å². The molecule has 0 aliphatic rings. The fourth-order valence-electron chi connectivity index (χ4n) is 2.20. The number of H-pyrrole nitrogens is 1. The molecule has 0 saturated heterocycles. The zero-order valence-corrected chi connectivity index (χ0v) is 12.2.